The molecule has 0 saturated carbocycles. The molecule has 0 radical (unpaired) electrons. The van der Waals surface area contributed by atoms with Gasteiger partial charge in [0.25, 0.3) is 0 Å². The first kappa shape index (κ1) is 12.9. The van der Waals surface area contributed by atoms with Gasteiger partial charge in [0.15, 0.2) is 0 Å². The van der Waals surface area contributed by atoms with Gasteiger partial charge in [0.05, 0.1) is 0 Å². The molecule has 0 amide bonds. The van der Waals surface area contributed by atoms with Gasteiger partial charge >= 0.3 is 0 Å². The average molecular weight is 293 g/mol. The van der Waals surface area contributed by atoms with E-state index >= 15 is 0 Å². The number of halogens is 2. The van der Waals surface area contributed by atoms with Crippen molar-refractivity contribution in [3.63, 3.8) is 0 Å². The van der Waals surface area contributed by atoms with E-state index in [1.54, 1.807) is 6.20 Å². The molecule has 2 rings (SSSR count). The molecule has 1 fully saturated rings. The Morgan fingerprint density at radius 3 is 2.93 bits per heavy atom. The van der Waals surface area contributed by atoms with Crippen molar-refractivity contribution in [3.8, 4) is 0 Å². The Balaban J connectivity index is 0.00000112. The van der Waals surface area contributed by atoms with Crippen molar-refractivity contribution in [2.75, 3.05) is 13.1 Å². The third kappa shape index (κ3) is 3.72. The van der Waals surface area contributed by atoms with E-state index in [1.165, 1.54) is 5.56 Å². The Labute approximate surface area is 105 Å². The number of nitrogens with zero attached hydrogens (tertiary/aromatic N) is 2. The molecule has 1 aromatic heterocycles. The summed E-state index contributed by atoms with van der Waals surface area (Å²) in [4.78, 5) is 6.51. The van der Waals surface area contributed by atoms with E-state index in [0.717, 1.165) is 30.5 Å². The summed E-state index contributed by atoms with van der Waals surface area (Å²) >= 11 is 3.42. The Bertz CT molecular complexity index is 321. The van der Waals surface area contributed by atoms with Gasteiger partial charge in [-0.05, 0) is 34.0 Å². The average Bonchev–Trinajstić information content (AvgIpc) is 2.51. The summed E-state index contributed by atoms with van der Waals surface area (Å²) in [5.74, 6) is 0. The van der Waals surface area contributed by atoms with Crippen LogP contribution in [-0.2, 0) is 6.54 Å². The Morgan fingerprint density at radius 2 is 2.33 bits per heavy atom. The van der Waals surface area contributed by atoms with Crippen LogP contribution in [-0.4, -0.2) is 29.0 Å². The van der Waals surface area contributed by atoms with Crippen molar-refractivity contribution in [1.82, 2.24) is 9.88 Å². The summed E-state index contributed by atoms with van der Waals surface area (Å²) in [7, 11) is 0. The molecule has 5 heteroatoms. The first-order chi connectivity index (χ1) is 6.74. The van der Waals surface area contributed by atoms with Gasteiger partial charge in [-0.15, -0.1) is 12.4 Å². The van der Waals surface area contributed by atoms with E-state index in [-0.39, 0.29) is 12.4 Å². The molecule has 3 nitrogen and oxygen atoms in total. The van der Waals surface area contributed by atoms with Crippen molar-refractivity contribution in [1.29, 1.82) is 0 Å². The van der Waals surface area contributed by atoms with E-state index in [1.807, 2.05) is 6.20 Å². The second-order valence-corrected chi connectivity index (χ2v) is 4.71. The quantitative estimate of drug-likeness (QED) is 0.904. The monoisotopic (exact) mass is 291 g/mol. The molecule has 1 aromatic rings. The van der Waals surface area contributed by atoms with E-state index in [9.17, 15) is 0 Å². The minimum Gasteiger partial charge on any atom is -0.326 e. The predicted molar refractivity (Wildman–Crippen MR) is 67.1 cm³/mol. The van der Waals surface area contributed by atoms with Gasteiger partial charge in [-0.2, -0.15) is 0 Å². The van der Waals surface area contributed by atoms with E-state index < -0.39 is 0 Å². The molecular formula is C10H15BrClN3. The highest BCUT2D eigenvalue weighted by molar-refractivity contribution is 9.10. The number of nitrogens with two attached hydrogens (primary N) is 1. The summed E-state index contributed by atoms with van der Waals surface area (Å²) in [5.41, 5.74) is 7.09. The zero-order valence-corrected chi connectivity index (χ0v) is 10.8. The minimum atomic E-state index is 0. The van der Waals surface area contributed by atoms with Crippen molar-refractivity contribution in [2.45, 2.75) is 19.0 Å². The fraction of sp³-hybridized carbons (Fsp3) is 0.500. The first-order valence-electron chi connectivity index (χ1n) is 4.81. The summed E-state index contributed by atoms with van der Waals surface area (Å²) < 4.78 is 1.04. The third-order valence-electron chi connectivity index (χ3n) is 2.48. The van der Waals surface area contributed by atoms with E-state index in [4.69, 9.17) is 5.73 Å². The highest BCUT2D eigenvalue weighted by atomic mass is 79.9. The predicted octanol–water partition coefficient (Wildman–Crippen LogP) is 1.80. The van der Waals surface area contributed by atoms with Crippen molar-refractivity contribution >= 4 is 28.3 Å². The lowest BCUT2D eigenvalue weighted by atomic mass is 10.3. The minimum absolute atomic E-state index is 0. The van der Waals surface area contributed by atoms with Crippen LogP contribution < -0.4 is 5.73 Å². The first-order valence-corrected chi connectivity index (χ1v) is 5.61. The largest absolute Gasteiger partial charge is 0.326 e. The van der Waals surface area contributed by atoms with Crippen LogP contribution in [0.3, 0.4) is 0 Å². The molecule has 0 bridgehead atoms. The lowest BCUT2D eigenvalue weighted by molar-refractivity contribution is 0.326. The molecule has 0 unspecified atom stereocenters. The van der Waals surface area contributed by atoms with Gasteiger partial charge in [0.1, 0.15) is 0 Å². The fourth-order valence-corrected chi connectivity index (χ4v) is 2.22. The molecule has 1 saturated heterocycles. The molecule has 1 atom stereocenters. The fourth-order valence-electron chi connectivity index (χ4n) is 1.81. The van der Waals surface area contributed by atoms with E-state index in [2.05, 4.69) is 31.9 Å². The second-order valence-electron chi connectivity index (χ2n) is 3.80. The second kappa shape index (κ2) is 5.80. The lowest BCUT2D eigenvalue weighted by Crippen LogP contribution is -2.26. The van der Waals surface area contributed by atoms with Crippen molar-refractivity contribution in [3.05, 3.63) is 28.5 Å². The third-order valence-corrected chi connectivity index (χ3v) is 2.91. The van der Waals surface area contributed by atoms with Crippen LogP contribution in [0.15, 0.2) is 22.9 Å². The molecule has 2 heterocycles. The van der Waals surface area contributed by atoms with Gasteiger partial charge in [0, 0.05) is 42.5 Å². The summed E-state index contributed by atoms with van der Waals surface area (Å²) in [5, 5.41) is 0. The number of rotatable bonds is 2. The highest BCUT2D eigenvalue weighted by Crippen LogP contribution is 2.14. The smallest absolute Gasteiger partial charge is 0.0410 e. The zero-order chi connectivity index (χ0) is 9.97. The number of hydrogen-bond donors (Lipinski definition) is 1. The molecule has 2 N–H and O–H groups in total. The summed E-state index contributed by atoms with van der Waals surface area (Å²) in [6, 6.07) is 2.46. The number of likely N-dealkylation sites (tertiary alicyclic amines) is 1. The summed E-state index contributed by atoms with van der Waals surface area (Å²) in [6.45, 7) is 3.07. The standard InChI is InChI=1S/C10H14BrN3.ClH/c11-9-3-8(4-13-5-9)6-14-2-1-10(12)7-14;/h3-5,10H,1-2,6-7,12H2;1H/t10-;/m1./s1. The lowest BCUT2D eigenvalue weighted by Gasteiger charge is -2.14. The van der Waals surface area contributed by atoms with Gasteiger partial charge in [0.2, 0.25) is 0 Å². The molecule has 84 valence electrons. The number of pyridine rings is 1. The van der Waals surface area contributed by atoms with Crippen LogP contribution in [0.4, 0.5) is 0 Å². The molecule has 0 aliphatic carbocycles. The molecular weight excluding hydrogens is 277 g/mol. The Morgan fingerprint density at radius 1 is 1.53 bits per heavy atom. The summed E-state index contributed by atoms with van der Waals surface area (Å²) in [6.07, 6.45) is 4.83. The topological polar surface area (TPSA) is 42.1 Å². The SMILES string of the molecule is Cl.N[C@@H]1CCN(Cc2cncc(Br)c2)C1. The number of aromatic nitrogens is 1. The van der Waals surface area contributed by atoms with Gasteiger partial charge in [-0.1, -0.05) is 0 Å². The Hall–Kier alpha value is -0.160. The maximum absolute atomic E-state index is 5.84. The zero-order valence-electron chi connectivity index (χ0n) is 8.40. The van der Waals surface area contributed by atoms with Crippen LogP contribution in [0, 0.1) is 0 Å². The molecule has 0 spiro atoms. The maximum atomic E-state index is 5.84. The molecule has 1 aliphatic heterocycles. The van der Waals surface area contributed by atoms with E-state index in [0.29, 0.717) is 6.04 Å². The number of hydrogen-bond acceptors (Lipinski definition) is 3. The normalized spacial score (nSPS) is 21.3. The van der Waals surface area contributed by atoms with Crippen molar-refractivity contribution < 1.29 is 0 Å². The Kier molecular flexibility index (Phi) is 4.99. The van der Waals surface area contributed by atoms with Crippen LogP contribution in [0.5, 0.6) is 0 Å². The van der Waals surface area contributed by atoms with Gasteiger partial charge in [-0.25, -0.2) is 0 Å². The van der Waals surface area contributed by atoms with Crippen LogP contribution in [0.1, 0.15) is 12.0 Å². The maximum Gasteiger partial charge on any atom is 0.0410 e. The van der Waals surface area contributed by atoms with Crippen LogP contribution in [0.2, 0.25) is 0 Å². The van der Waals surface area contributed by atoms with Crippen molar-refractivity contribution in [2.24, 2.45) is 5.73 Å². The van der Waals surface area contributed by atoms with Gasteiger partial charge < -0.3 is 5.73 Å². The molecule has 0 aromatic carbocycles. The van der Waals surface area contributed by atoms with Crippen LogP contribution >= 0.6 is 28.3 Å². The van der Waals surface area contributed by atoms with Crippen LogP contribution in [0.25, 0.3) is 0 Å². The molecule has 1 aliphatic rings. The van der Waals surface area contributed by atoms with Gasteiger partial charge in [-0.3, -0.25) is 9.88 Å². The molecule has 15 heavy (non-hydrogen) atoms. The highest BCUT2D eigenvalue weighted by Gasteiger charge is 2.18.